The number of hydrogen-bond donors (Lipinski definition) is 1. The van der Waals surface area contributed by atoms with E-state index in [0.29, 0.717) is 40.9 Å². The normalized spacial score (nSPS) is 16.9. The Bertz CT molecular complexity index is 1300. The third kappa shape index (κ3) is 4.15. The fourth-order valence-corrected chi connectivity index (χ4v) is 6.55. The van der Waals surface area contributed by atoms with E-state index in [1.807, 2.05) is 18.2 Å². The zero-order chi connectivity index (χ0) is 22.3. The zero-order valence-corrected chi connectivity index (χ0v) is 19.2. The predicted molar refractivity (Wildman–Crippen MR) is 124 cm³/mol. The van der Waals surface area contributed by atoms with Crippen molar-refractivity contribution in [3.8, 4) is 0 Å². The lowest BCUT2D eigenvalue weighted by Crippen LogP contribution is -2.35. The number of fused-ring (bicyclic) bond motifs is 1. The van der Waals surface area contributed by atoms with E-state index in [9.17, 15) is 13.2 Å². The zero-order valence-electron chi connectivity index (χ0n) is 17.6. The average molecular weight is 470 g/mol. The minimum atomic E-state index is -3.56. The molecule has 1 N–H and O–H groups in total. The number of amides is 1. The molecule has 1 aliphatic carbocycles. The summed E-state index contributed by atoms with van der Waals surface area (Å²) < 4.78 is 33.5. The van der Waals surface area contributed by atoms with Gasteiger partial charge in [-0.05, 0) is 61.6 Å². The number of benzene rings is 1. The molecule has 1 aromatic carbocycles. The first-order valence-electron chi connectivity index (χ1n) is 10.5. The van der Waals surface area contributed by atoms with Crippen molar-refractivity contribution in [2.45, 2.75) is 36.9 Å². The highest BCUT2D eigenvalue weighted by molar-refractivity contribution is 7.91. The summed E-state index contributed by atoms with van der Waals surface area (Å²) in [6.07, 6.45) is 6.03. The molecule has 166 valence electrons. The number of aromatic nitrogens is 1. The van der Waals surface area contributed by atoms with Gasteiger partial charge in [-0.15, -0.1) is 11.3 Å². The third-order valence-corrected chi connectivity index (χ3v) is 9.14. The van der Waals surface area contributed by atoms with Gasteiger partial charge in [0.1, 0.15) is 15.6 Å². The summed E-state index contributed by atoms with van der Waals surface area (Å²) in [5.74, 6) is 0.508. The van der Waals surface area contributed by atoms with Gasteiger partial charge in [0.25, 0.3) is 10.0 Å². The first-order valence-corrected chi connectivity index (χ1v) is 12.8. The molecule has 9 heteroatoms. The second-order valence-corrected chi connectivity index (χ2v) is 11.4. The Morgan fingerprint density at radius 2 is 1.97 bits per heavy atom. The van der Waals surface area contributed by atoms with Gasteiger partial charge in [-0.25, -0.2) is 8.42 Å². The Morgan fingerprint density at radius 1 is 1.19 bits per heavy atom. The van der Waals surface area contributed by atoms with Crippen molar-refractivity contribution in [1.82, 2.24) is 9.46 Å². The number of thiophene rings is 1. The van der Waals surface area contributed by atoms with Crippen LogP contribution in [0.15, 0.2) is 45.1 Å². The minimum Gasteiger partial charge on any atom is -0.354 e. The van der Waals surface area contributed by atoms with E-state index in [1.54, 1.807) is 35.5 Å². The van der Waals surface area contributed by atoms with Crippen molar-refractivity contribution >= 4 is 45.1 Å². The van der Waals surface area contributed by atoms with Gasteiger partial charge in [-0.2, -0.15) is 4.31 Å². The Balaban J connectivity index is 1.32. The molecule has 2 aliphatic rings. The summed E-state index contributed by atoms with van der Waals surface area (Å²) >= 11 is 1.21. The standard InChI is InChI=1S/C23H23N3O4S2/c1-15-22(24-23(27)17-6-7-17)20(30-25-15)10-8-19-9-11-21(31-19)32(28,29)26-13-12-16-4-2-3-5-18(16)14-26/h2-5,8-11,17H,6-7,12-14H2,1H3,(H,24,27). The van der Waals surface area contributed by atoms with Crippen LogP contribution in [0.3, 0.4) is 0 Å². The molecular formula is C23H23N3O4S2. The SMILES string of the molecule is Cc1noc(C=Cc2ccc(S(=O)(=O)N3CCc4ccccc4C3)s2)c1NC(=O)C1CC1. The van der Waals surface area contributed by atoms with Crippen molar-refractivity contribution in [1.29, 1.82) is 0 Å². The van der Waals surface area contributed by atoms with Gasteiger partial charge in [-0.3, -0.25) is 4.79 Å². The summed E-state index contributed by atoms with van der Waals surface area (Å²) in [5, 5.41) is 6.84. The van der Waals surface area contributed by atoms with Gasteiger partial charge in [0, 0.05) is 23.9 Å². The van der Waals surface area contributed by atoms with Crippen LogP contribution in [0.1, 0.15) is 40.3 Å². The van der Waals surface area contributed by atoms with Gasteiger partial charge in [0.2, 0.25) is 5.91 Å². The van der Waals surface area contributed by atoms with Crippen molar-refractivity contribution in [2.75, 3.05) is 11.9 Å². The Kier molecular flexibility index (Phi) is 5.48. The molecule has 1 fully saturated rings. The highest BCUT2D eigenvalue weighted by Gasteiger charge is 2.31. The monoisotopic (exact) mass is 469 g/mol. The topological polar surface area (TPSA) is 92.5 Å². The maximum atomic E-state index is 13.2. The van der Waals surface area contributed by atoms with Gasteiger partial charge < -0.3 is 9.84 Å². The summed E-state index contributed by atoms with van der Waals surface area (Å²) in [4.78, 5) is 12.9. The molecule has 3 aromatic rings. The molecule has 0 atom stereocenters. The lowest BCUT2D eigenvalue weighted by atomic mass is 10.0. The van der Waals surface area contributed by atoms with E-state index in [1.165, 1.54) is 16.9 Å². The quantitative estimate of drug-likeness (QED) is 0.581. The van der Waals surface area contributed by atoms with E-state index in [2.05, 4.69) is 16.5 Å². The highest BCUT2D eigenvalue weighted by atomic mass is 32.2. The second-order valence-electron chi connectivity index (χ2n) is 8.12. The van der Waals surface area contributed by atoms with Gasteiger partial charge in [0.05, 0.1) is 0 Å². The number of anilines is 1. The Labute approximate surface area is 190 Å². The molecule has 0 saturated heterocycles. The molecule has 1 amide bonds. The summed E-state index contributed by atoms with van der Waals surface area (Å²) in [5.41, 5.74) is 3.44. The van der Waals surface area contributed by atoms with Gasteiger partial charge >= 0.3 is 0 Å². The molecule has 2 aromatic heterocycles. The molecule has 7 nitrogen and oxygen atoms in total. The van der Waals surface area contributed by atoms with E-state index >= 15 is 0 Å². The number of carbonyl (C=O) groups is 1. The van der Waals surface area contributed by atoms with Crippen LogP contribution >= 0.6 is 11.3 Å². The van der Waals surface area contributed by atoms with Crippen LogP contribution in [0.2, 0.25) is 0 Å². The molecule has 0 spiro atoms. The smallest absolute Gasteiger partial charge is 0.252 e. The van der Waals surface area contributed by atoms with Crippen LogP contribution in [0.25, 0.3) is 12.2 Å². The van der Waals surface area contributed by atoms with E-state index in [-0.39, 0.29) is 11.8 Å². The van der Waals surface area contributed by atoms with Crippen LogP contribution in [-0.2, 0) is 27.8 Å². The maximum absolute atomic E-state index is 13.2. The number of hydrogen-bond acceptors (Lipinski definition) is 6. The third-order valence-electron chi connectivity index (χ3n) is 5.78. The maximum Gasteiger partial charge on any atom is 0.252 e. The fourth-order valence-electron chi connectivity index (χ4n) is 3.75. The molecule has 5 rings (SSSR count). The number of nitrogens with zero attached hydrogens (tertiary/aromatic N) is 2. The predicted octanol–water partition coefficient (Wildman–Crippen LogP) is 4.31. The van der Waals surface area contributed by atoms with Crippen molar-refractivity contribution in [3.05, 3.63) is 63.9 Å². The Morgan fingerprint density at radius 3 is 2.75 bits per heavy atom. The lowest BCUT2D eigenvalue weighted by molar-refractivity contribution is -0.117. The number of aryl methyl sites for hydroxylation is 1. The molecule has 32 heavy (non-hydrogen) atoms. The first kappa shape index (κ1) is 21.1. The van der Waals surface area contributed by atoms with Crippen LogP contribution < -0.4 is 5.32 Å². The minimum absolute atomic E-state index is 0.0152. The summed E-state index contributed by atoms with van der Waals surface area (Å²) in [6.45, 7) is 2.64. The largest absolute Gasteiger partial charge is 0.354 e. The van der Waals surface area contributed by atoms with Crippen LogP contribution in [-0.4, -0.2) is 30.3 Å². The van der Waals surface area contributed by atoms with Gasteiger partial charge in [-0.1, -0.05) is 29.4 Å². The summed E-state index contributed by atoms with van der Waals surface area (Å²) in [7, 11) is -3.56. The first-order chi connectivity index (χ1) is 15.4. The molecule has 1 aliphatic heterocycles. The number of carbonyl (C=O) groups excluding carboxylic acids is 1. The molecule has 0 radical (unpaired) electrons. The van der Waals surface area contributed by atoms with Crippen LogP contribution in [0, 0.1) is 12.8 Å². The molecule has 3 heterocycles. The lowest BCUT2D eigenvalue weighted by Gasteiger charge is -2.27. The van der Waals surface area contributed by atoms with Crippen molar-refractivity contribution in [3.63, 3.8) is 0 Å². The van der Waals surface area contributed by atoms with Crippen molar-refractivity contribution in [2.24, 2.45) is 5.92 Å². The van der Waals surface area contributed by atoms with Crippen LogP contribution in [0.4, 0.5) is 5.69 Å². The van der Waals surface area contributed by atoms with Crippen molar-refractivity contribution < 1.29 is 17.7 Å². The number of nitrogens with one attached hydrogen (secondary N) is 1. The van der Waals surface area contributed by atoms with E-state index in [0.717, 1.165) is 23.3 Å². The van der Waals surface area contributed by atoms with Crippen LogP contribution in [0.5, 0.6) is 0 Å². The molecular weight excluding hydrogens is 446 g/mol. The number of rotatable bonds is 6. The van der Waals surface area contributed by atoms with E-state index in [4.69, 9.17) is 4.52 Å². The second kappa shape index (κ2) is 8.31. The Hall–Kier alpha value is -2.75. The van der Waals surface area contributed by atoms with E-state index < -0.39 is 10.0 Å². The fraction of sp³-hybridized carbons (Fsp3) is 0.304. The van der Waals surface area contributed by atoms with Gasteiger partial charge in [0.15, 0.2) is 5.76 Å². The summed E-state index contributed by atoms with van der Waals surface area (Å²) in [6, 6.07) is 11.4. The average Bonchev–Trinajstić information content (AvgIpc) is 3.45. The molecule has 0 bridgehead atoms. The highest BCUT2D eigenvalue weighted by Crippen LogP contribution is 2.33. The molecule has 1 saturated carbocycles. The molecule has 0 unspecified atom stereocenters. The number of sulfonamides is 1.